The van der Waals surface area contributed by atoms with E-state index in [0.29, 0.717) is 0 Å². The summed E-state index contributed by atoms with van der Waals surface area (Å²) in [6.45, 7) is -1.07. The van der Waals surface area contributed by atoms with Crippen molar-refractivity contribution in [2.45, 2.75) is 0 Å². The summed E-state index contributed by atoms with van der Waals surface area (Å²) in [5.74, 6) is -2.54. The summed E-state index contributed by atoms with van der Waals surface area (Å²) in [4.78, 5) is 18.8. The smallest absolute Gasteiger partial charge is 0.329 e. The molecular weight excluding hydrogens is 182 g/mol. The maximum Gasteiger partial charge on any atom is 0.329 e. The third-order valence-electron chi connectivity index (χ3n) is 0.565. The van der Waals surface area contributed by atoms with Gasteiger partial charge < -0.3 is 26.4 Å². The van der Waals surface area contributed by atoms with Crippen molar-refractivity contribution >= 4 is 17.9 Å². The largest absolute Gasteiger partial charge is 0.480 e. The molecule has 0 fully saturated rings. The van der Waals surface area contributed by atoms with E-state index in [9.17, 15) is 4.79 Å². The summed E-state index contributed by atoms with van der Waals surface area (Å²) in [7, 11) is 0. The standard InChI is InChI=1S/C3H7N3O2.C2H4O3/c4-3(5)6-1-2(7)8;3-1-2(4)5/h1H2,(H,7,8)(H4,4,5,6);3H,1H2,(H,4,5). The lowest BCUT2D eigenvalue weighted by atomic mass is 10.6. The highest BCUT2D eigenvalue weighted by molar-refractivity contribution is 5.79. The van der Waals surface area contributed by atoms with Crippen LogP contribution >= 0.6 is 0 Å². The van der Waals surface area contributed by atoms with Crippen LogP contribution in [0.15, 0.2) is 0 Å². The van der Waals surface area contributed by atoms with E-state index in [1.807, 2.05) is 0 Å². The van der Waals surface area contributed by atoms with Gasteiger partial charge in [0, 0.05) is 0 Å². The Kier molecular flexibility index (Phi) is 8.74. The van der Waals surface area contributed by atoms with Gasteiger partial charge in [0.15, 0.2) is 5.96 Å². The van der Waals surface area contributed by atoms with Crippen LogP contribution in [0.5, 0.6) is 0 Å². The summed E-state index contributed by atoms with van der Waals surface area (Å²) in [6, 6.07) is 0. The quantitative estimate of drug-likeness (QED) is 0.216. The molecule has 0 aliphatic heterocycles. The monoisotopic (exact) mass is 193 g/mol. The first-order valence-electron chi connectivity index (χ1n) is 3.02. The Labute approximate surface area is 73.5 Å². The minimum Gasteiger partial charge on any atom is -0.480 e. The number of hydrogen-bond donors (Lipinski definition) is 6. The molecule has 0 saturated heterocycles. The zero-order valence-corrected chi connectivity index (χ0v) is 6.65. The molecule has 0 rings (SSSR count). The number of carboxylic acids is 2. The molecule has 0 aliphatic carbocycles. The molecule has 0 heterocycles. The summed E-state index contributed by atoms with van der Waals surface area (Å²) < 4.78 is 0. The number of aliphatic hydroxyl groups excluding tert-OH is 1. The van der Waals surface area contributed by atoms with Crippen LogP contribution in [0.25, 0.3) is 0 Å². The number of carbonyl (C=O) groups is 2. The molecule has 8 heteroatoms. The number of carboxylic acid groups (broad SMARTS) is 2. The van der Waals surface area contributed by atoms with Crippen LogP contribution in [0.2, 0.25) is 0 Å². The van der Waals surface area contributed by atoms with Crippen LogP contribution in [0.1, 0.15) is 0 Å². The van der Waals surface area contributed by atoms with Gasteiger partial charge in [-0.15, -0.1) is 0 Å². The number of rotatable bonds is 3. The minimum absolute atomic E-state index is 0.296. The number of aliphatic hydroxyl groups is 1. The highest BCUT2D eigenvalue weighted by atomic mass is 16.4. The molecule has 0 aromatic heterocycles. The van der Waals surface area contributed by atoms with E-state index in [2.05, 4.69) is 5.32 Å². The van der Waals surface area contributed by atoms with Crippen molar-refractivity contribution < 1.29 is 24.9 Å². The second-order valence-corrected chi connectivity index (χ2v) is 1.71. The first kappa shape index (κ1) is 13.7. The van der Waals surface area contributed by atoms with E-state index in [4.69, 9.17) is 31.3 Å². The van der Waals surface area contributed by atoms with E-state index >= 15 is 0 Å². The molecule has 0 aliphatic rings. The molecule has 0 radical (unpaired) electrons. The summed E-state index contributed by atoms with van der Waals surface area (Å²) >= 11 is 0. The van der Waals surface area contributed by atoms with Gasteiger partial charge in [-0.05, 0) is 0 Å². The molecule has 0 unspecified atom stereocenters. The van der Waals surface area contributed by atoms with E-state index in [-0.39, 0.29) is 12.5 Å². The molecule has 8 nitrogen and oxygen atoms in total. The Morgan fingerprint density at radius 3 is 1.77 bits per heavy atom. The fourth-order valence-corrected chi connectivity index (χ4v) is 0.171. The van der Waals surface area contributed by atoms with E-state index in [1.165, 1.54) is 0 Å². The van der Waals surface area contributed by atoms with Crippen LogP contribution in [0.3, 0.4) is 0 Å². The molecule has 0 aromatic carbocycles. The Morgan fingerprint density at radius 1 is 1.31 bits per heavy atom. The number of aliphatic carboxylic acids is 2. The van der Waals surface area contributed by atoms with Crippen LogP contribution in [-0.2, 0) is 9.59 Å². The maximum absolute atomic E-state index is 9.69. The van der Waals surface area contributed by atoms with Gasteiger partial charge in [0.05, 0.1) is 0 Å². The fraction of sp³-hybridized carbons (Fsp3) is 0.400. The third-order valence-corrected chi connectivity index (χ3v) is 0.565. The molecule has 0 amide bonds. The molecule has 0 bridgehead atoms. The molecule has 76 valence electrons. The Balaban J connectivity index is 0. The van der Waals surface area contributed by atoms with Gasteiger partial charge in [-0.25, -0.2) is 4.79 Å². The van der Waals surface area contributed by atoms with Gasteiger partial charge in [-0.3, -0.25) is 10.2 Å². The van der Waals surface area contributed by atoms with Gasteiger partial charge >= 0.3 is 11.9 Å². The lowest BCUT2D eigenvalue weighted by Gasteiger charge is -1.95. The van der Waals surface area contributed by atoms with Gasteiger partial charge in [0.2, 0.25) is 0 Å². The SMILES string of the molecule is N=C(N)NCC(=O)O.O=C(O)CO. The molecule has 0 atom stereocenters. The Morgan fingerprint density at radius 2 is 1.69 bits per heavy atom. The zero-order valence-electron chi connectivity index (χ0n) is 6.65. The average Bonchev–Trinajstić information content (AvgIpc) is 2.02. The molecule has 0 aromatic rings. The van der Waals surface area contributed by atoms with Crippen molar-refractivity contribution in [3.05, 3.63) is 0 Å². The second kappa shape index (κ2) is 8.27. The number of guanidine groups is 1. The van der Waals surface area contributed by atoms with E-state index in [0.717, 1.165) is 0 Å². The minimum atomic E-state index is -1.19. The third kappa shape index (κ3) is 25.4. The van der Waals surface area contributed by atoms with Crippen LogP contribution in [0, 0.1) is 5.41 Å². The second-order valence-electron chi connectivity index (χ2n) is 1.71. The van der Waals surface area contributed by atoms with Gasteiger partial charge in [-0.1, -0.05) is 0 Å². The van der Waals surface area contributed by atoms with Crippen molar-refractivity contribution in [3.8, 4) is 0 Å². The van der Waals surface area contributed by atoms with E-state index in [1.54, 1.807) is 0 Å². The highest BCUT2D eigenvalue weighted by Crippen LogP contribution is 1.55. The predicted octanol–water partition coefficient (Wildman–Crippen LogP) is -2.38. The summed E-state index contributed by atoms with van der Waals surface area (Å²) in [5, 5.41) is 31.6. The Hall–Kier alpha value is -1.83. The topological polar surface area (TPSA) is 157 Å². The first-order valence-corrected chi connectivity index (χ1v) is 3.02. The van der Waals surface area contributed by atoms with E-state index < -0.39 is 18.5 Å². The lowest BCUT2D eigenvalue weighted by Crippen LogP contribution is -2.34. The zero-order chi connectivity index (χ0) is 10.9. The van der Waals surface area contributed by atoms with Gasteiger partial charge in [-0.2, -0.15) is 0 Å². The normalized spacial score (nSPS) is 7.77. The molecule has 0 saturated carbocycles. The summed E-state index contributed by atoms with van der Waals surface area (Å²) in [6.07, 6.45) is 0. The van der Waals surface area contributed by atoms with Crippen molar-refractivity contribution in [2.24, 2.45) is 5.73 Å². The number of nitrogens with two attached hydrogens (primary N) is 1. The van der Waals surface area contributed by atoms with Crippen molar-refractivity contribution in [1.82, 2.24) is 5.32 Å². The lowest BCUT2D eigenvalue weighted by molar-refractivity contribution is -0.140. The van der Waals surface area contributed by atoms with Gasteiger partial charge in [0.25, 0.3) is 0 Å². The predicted molar refractivity (Wildman–Crippen MR) is 42.3 cm³/mol. The molecular formula is C5H11N3O5. The highest BCUT2D eigenvalue weighted by Gasteiger charge is 1.92. The van der Waals surface area contributed by atoms with Crippen LogP contribution < -0.4 is 11.1 Å². The maximum atomic E-state index is 9.69. The molecule has 0 spiro atoms. The Bertz CT molecular complexity index is 179. The number of nitrogens with one attached hydrogen (secondary N) is 2. The summed E-state index contributed by atoms with van der Waals surface area (Å²) in [5.41, 5.74) is 4.75. The molecule has 13 heavy (non-hydrogen) atoms. The van der Waals surface area contributed by atoms with Crippen molar-refractivity contribution in [1.29, 1.82) is 5.41 Å². The van der Waals surface area contributed by atoms with Crippen LogP contribution in [0.4, 0.5) is 0 Å². The van der Waals surface area contributed by atoms with Crippen molar-refractivity contribution in [3.63, 3.8) is 0 Å². The van der Waals surface area contributed by atoms with Crippen LogP contribution in [-0.4, -0.2) is 46.4 Å². The average molecular weight is 193 g/mol. The fourth-order valence-electron chi connectivity index (χ4n) is 0.171. The first-order chi connectivity index (χ1) is 5.90. The molecule has 7 N–H and O–H groups in total. The number of hydrogen-bond acceptors (Lipinski definition) is 4. The van der Waals surface area contributed by atoms with Crippen molar-refractivity contribution in [2.75, 3.05) is 13.2 Å². The van der Waals surface area contributed by atoms with Gasteiger partial charge in [0.1, 0.15) is 13.2 Å².